The highest BCUT2D eigenvalue weighted by Crippen LogP contribution is 2.21. The zero-order valence-corrected chi connectivity index (χ0v) is 21.4. The number of ether oxygens (including phenoxy) is 4. The molecule has 198 valence electrons. The van der Waals surface area contributed by atoms with Crippen LogP contribution >= 0.6 is 0 Å². The summed E-state index contributed by atoms with van der Waals surface area (Å²) in [6, 6.07) is 0. The fourth-order valence-electron chi connectivity index (χ4n) is 2.73. The van der Waals surface area contributed by atoms with Crippen LogP contribution in [0.2, 0.25) is 0 Å². The normalized spacial score (nSPS) is 12.1. The number of carbonyl (C=O) groups excluding carboxylic acids is 3. The third-order valence-electron chi connectivity index (χ3n) is 5.41. The van der Waals surface area contributed by atoms with E-state index in [-0.39, 0.29) is 32.0 Å². The zero-order valence-electron chi connectivity index (χ0n) is 21.4. The van der Waals surface area contributed by atoms with E-state index in [1.807, 2.05) is 6.92 Å². The molecule has 1 N–H and O–H groups in total. The average molecular weight is 489 g/mol. The van der Waals surface area contributed by atoms with Crippen LogP contribution in [0.3, 0.4) is 0 Å². The van der Waals surface area contributed by atoms with Gasteiger partial charge in [-0.2, -0.15) is 0 Å². The number of carbonyl (C=O) groups is 4. The Bertz CT molecular complexity index is 601. The Morgan fingerprint density at radius 3 is 2.09 bits per heavy atom. The molecule has 9 nitrogen and oxygen atoms in total. The number of carboxylic acids is 1. The summed E-state index contributed by atoms with van der Waals surface area (Å²) in [5, 5.41) is 8.71. The van der Waals surface area contributed by atoms with Crippen LogP contribution in [0, 0.1) is 5.41 Å². The second kappa shape index (κ2) is 19.2. The molecule has 0 amide bonds. The Morgan fingerprint density at radius 1 is 0.765 bits per heavy atom. The maximum Gasteiger partial charge on any atom is 0.311 e. The number of unbranched alkanes of at least 4 members (excludes halogenated alkanes) is 5. The first-order valence-electron chi connectivity index (χ1n) is 12.4. The van der Waals surface area contributed by atoms with Crippen LogP contribution in [0.25, 0.3) is 0 Å². The predicted octanol–water partition coefficient (Wildman–Crippen LogP) is 4.44. The van der Waals surface area contributed by atoms with Crippen LogP contribution in [-0.2, 0) is 38.1 Å². The molecule has 0 aliphatic heterocycles. The number of esters is 3. The third-order valence-corrected chi connectivity index (χ3v) is 5.41. The number of hydrogen-bond donors (Lipinski definition) is 1. The minimum absolute atomic E-state index is 0.0262. The van der Waals surface area contributed by atoms with Gasteiger partial charge >= 0.3 is 23.9 Å². The van der Waals surface area contributed by atoms with E-state index in [4.69, 9.17) is 24.1 Å². The molecule has 0 aromatic heterocycles. The smallest absolute Gasteiger partial charge is 0.311 e. The van der Waals surface area contributed by atoms with Crippen LogP contribution in [-0.4, -0.2) is 61.5 Å². The molecule has 1 atom stereocenters. The maximum atomic E-state index is 12.2. The lowest BCUT2D eigenvalue weighted by Crippen LogP contribution is -2.33. The second-order valence-electron chi connectivity index (χ2n) is 9.01. The molecule has 0 spiro atoms. The van der Waals surface area contributed by atoms with Gasteiger partial charge in [0.05, 0.1) is 31.5 Å². The molecule has 0 fully saturated rings. The molecule has 0 saturated heterocycles. The molecule has 34 heavy (non-hydrogen) atoms. The molecule has 0 saturated carbocycles. The highest BCUT2D eigenvalue weighted by molar-refractivity contribution is 5.77. The molecule has 0 rings (SSSR count). The van der Waals surface area contributed by atoms with Crippen molar-refractivity contribution in [2.45, 2.75) is 104 Å². The van der Waals surface area contributed by atoms with Crippen molar-refractivity contribution in [2.24, 2.45) is 5.41 Å². The molecule has 0 aromatic carbocycles. The van der Waals surface area contributed by atoms with Gasteiger partial charge in [-0.1, -0.05) is 39.5 Å². The fraction of sp³-hybridized carbons (Fsp3) is 0.840. The number of aliphatic carboxylic acids is 1. The Morgan fingerprint density at radius 2 is 1.44 bits per heavy atom. The Balaban J connectivity index is 4.23. The molecule has 1 unspecified atom stereocenters. The average Bonchev–Trinajstić information content (AvgIpc) is 2.79. The summed E-state index contributed by atoms with van der Waals surface area (Å²) < 4.78 is 21.3. The van der Waals surface area contributed by atoms with E-state index in [0.29, 0.717) is 38.9 Å². The maximum absolute atomic E-state index is 12.2. The van der Waals surface area contributed by atoms with Gasteiger partial charge in [-0.05, 0) is 39.5 Å². The molecule has 9 heteroatoms. The van der Waals surface area contributed by atoms with Crippen molar-refractivity contribution in [2.75, 3.05) is 26.4 Å². The van der Waals surface area contributed by atoms with Crippen molar-refractivity contribution < 1.29 is 43.2 Å². The monoisotopic (exact) mass is 488 g/mol. The van der Waals surface area contributed by atoms with E-state index in [1.54, 1.807) is 13.8 Å². The lowest BCUT2D eigenvalue weighted by molar-refractivity contribution is -0.168. The minimum atomic E-state index is -1.10. The van der Waals surface area contributed by atoms with Crippen LogP contribution in [0.15, 0.2) is 0 Å². The van der Waals surface area contributed by atoms with Crippen molar-refractivity contribution >= 4 is 23.9 Å². The van der Waals surface area contributed by atoms with Gasteiger partial charge in [0.15, 0.2) is 6.10 Å². The summed E-state index contributed by atoms with van der Waals surface area (Å²) in [5.74, 6) is -2.36. The van der Waals surface area contributed by atoms with E-state index >= 15 is 0 Å². The van der Waals surface area contributed by atoms with E-state index in [1.165, 1.54) is 0 Å². The van der Waals surface area contributed by atoms with Gasteiger partial charge in [0.1, 0.15) is 6.61 Å². The Hall–Kier alpha value is -2.16. The fourth-order valence-corrected chi connectivity index (χ4v) is 2.73. The van der Waals surface area contributed by atoms with Crippen molar-refractivity contribution in [1.82, 2.24) is 0 Å². The SMILES string of the molecule is CCCCCCOC(=O)CCCCCOCC(COC(=O)C(C)(C)CC)OC(=O)CCC(=O)O. The lowest BCUT2D eigenvalue weighted by Gasteiger charge is -2.23. The standard InChI is InChI=1S/C25H44O9/c1-5-7-8-12-17-32-22(28)13-10-9-11-16-31-18-20(34-23(29)15-14-21(26)27)19-33-24(30)25(3,4)6-2/h20H,5-19H2,1-4H3,(H,26,27). The summed E-state index contributed by atoms with van der Waals surface area (Å²) in [7, 11) is 0. The molecule has 0 aliphatic carbocycles. The molecule has 0 aromatic rings. The Kier molecular flexibility index (Phi) is 18.0. The summed E-state index contributed by atoms with van der Waals surface area (Å²) in [6.45, 7) is 8.28. The highest BCUT2D eigenvalue weighted by Gasteiger charge is 2.28. The van der Waals surface area contributed by atoms with Gasteiger partial charge in [0.25, 0.3) is 0 Å². The molecule has 0 bridgehead atoms. The number of carboxylic acid groups (broad SMARTS) is 1. The summed E-state index contributed by atoms with van der Waals surface area (Å²) in [6.07, 6.45) is 6.02. The number of hydrogen-bond acceptors (Lipinski definition) is 8. The molecule has 0 aliphatic rings. The third kappa shape index (κ3) is 17.3. The lowest BCUT2D eigenvalue weighted by atomic mass is 9.91. The van der Waals surface area contributed by atoms with Crippen molar-refractivity contribution in [3.8, 4) is 0 Å². The van der Waals surface area contributed by atoms with Gasteiger partial charge < -0.3 is 24.1 Å². The van der Waals surface area contributed by atoms with Crippen LogP contribution in [0.5, 0.6) is 0 Å². The molecular formula is C25H44O9. The van der Waals surface area contributed by atoms with Crippen LogP contribution in [0.4, 0.5) is 0 Å². The van der Waals surface area contributed by atoms with E-state index in [9.17, 15) is 19.2 Å². The van der Waals surface area contributed by atoms with E-state index in [0.717, 1.165) is 32.1 Å². The molecular weight excluding hydrogens is 444 g/mol. The van der Waals surface area contributed by atoms with Gasteiger partial charge in [-0.3, -0.25) is 19.2 Å². The zero-order chi connectivity index (χ0) is 25.8. The van der Waals surface area contributed by atoms with Gasteiger partial charge in [0, 0.05) is 13.0 Å². The van der Waals surface area contributed by atoms with Crippen molar-refractivity contribution in [1.29, 1.82) is 0 Å². The summed E-state index contributed by atoms with van der Waals surface area (Å²) in [4.78, 5) is 46.4. The topological polar surface area (TPSA) is 125 Å². The van der Waals surface area contributed by atoms with Gasteiger partial charge in [-0.25, -0.2) is 0 Å². The van der Waals surface area contributed by atoms with Crippen molar-refractivity contribution in [3.05, 3.63) is 0 Å². The summed E-state index contributed by atoms with van der Waals surface area (Å²) >= 11 is 0. The first kappa shape index (κ1) is 31.8. The minimum Gasteiger partial charge on any atom is -0.481 e. The first-order valence-corrected chi connectivity index (χ1v) is 12.4. The summed E-state index contributed by atoms with van der Waals surface area (Å²) in [5.41, 5.74) is -0.657. The Labute approximate surface area is 203 Å². The quantitative estimate of drug-likeness (QED) is 0.142. The van der Waals surface area contributed by atoms with Crippen LogP contribution < -0.4 is 0 Å². The van der Waals surface area contributed by atoms with Crippen molar-refractivity contribution in [3.63, 3.8) is 0 Å². The second-order valence-corrected chi connectivity index (χ2v) is 9.01. The highest BCUT2D eigenvalue weighted by atomic mass is 16.6. The molecule has 0 heterocycles. The molecule has 0 radical (unpaired) electrons. The van der Waals surface area contributed by atoms with Gasteiger partial charge in [-0.15, -0.1) is 0 Å². The first-order chi connectivity index (χ1) is 16.1. The predicted molar refractivity (Wildman–Crippen MR) is 126 cm³/mol. The van der Waals surface area contributed by atoms with E-state index < -0.39 is 29.4 Å². The largest absolute Gasteiger partial charge is 0.481 e. The van der Waals surface area contributed by atoms with Crippen LogP contribution in [0.1, 0.15) is 98.3 Å². The van der Waals surface area contributed by atoms with Gasteiger partial charge in [0.2, 0.25) is 0 Å². The van der Waals surface area contributed by atoms with E-state index in [2.05, 4.69) is 6.92 Å². The number of rotatable bonds is 21.